The molecule has 1 heterocycles. The Bertz CT molecular complexity index is 842. The lowest BCUT2D eigenvalue weighted by molar-refractivity contribution is 0.0695. The molecular formula is C17H15N3O3. The molecule has 23 heavy (non-hydrogen) atoms. The van der Waals surface area contributed by atoms with E-state index in [1.165, 1.54) is 0 Å². The van der Waals surface area contributed by atoms with E-state index in [0.29, 0.717) is 12.1 Å². The van der Waals surface area contributed by atoms with E-state index < -0.39 is 5.97 Å². The van der Waals surface area contributed by atoms with E-state index >= 15 is 0 Å². The number of methoxy groups -OCH3 is 1. The smallest absolute Gasteiger partial charge is 0.336 e. The summed E-state index contributed by atoms with van der Waals surface area (Å²) in [4.78, 5) is 11.3. The second-order valence-corrected chi connectivity index (χ2v) is 4.97. The van der Waals surface area contributed by atoms with Crippen LogP contribution in [0.2, 0.25) is 0 Å². The van der Waals surface area contributed by atoms with Gasteiger partial charge < -0.3 is 9.84 Å². The normalized spacial score (nSPS) is 10.5. The van der Waals surface area contributed by atoms with Crippen LogP contribution >= 0.6 is 0 Å². The fraction of sp³-hybridized carbons (Fsp3) is 0.118. The second-order valence-electron chi connectivity index (χ2n) is 4.97. The van der Waals surface area contributed by atoms with Gasteiger partial charge in [0.1, 0.15) is 5.75 Å². The molecule has 2 aromatic carbocycles. The highest BCUT2D eigenvalue weighted by Gasteiger charge is 2.13. The topological polar surface area (TPSA) is 77.2 Å². The van der Waals surface area contributed by atoms with Crippen molar-refractivity contribution in [3.8, 4) is 17.0 Å². The van der Waals surface area contributed by atoms with Crippen LogP contribution in [0.5, 0.6) is 5.75 Å². The van der Waals surface area contributed by atoms with Crippen molar-refractivity contribution in [2.75, 3.05) is 7.11 Å². The maximum absolute atomic E-state index is 11.3. The minimum Gasteiger partial charge on any atom is -0.497 e. The van der Waals surface area contributed by atoms with Gasteiger partial charge in [-0.15, -0.1) is 5.10 Å². The fourth-order valence-corrected chi connectivity index (χ4v) is 2.41. The lowest BCUT2D eigenvalue weighted by Crippen LogP contribution is -2.09. The Hall–Kier alpha value is -3.15. The Morgan fingerprint density at radius 2 is 2.04 bits per heavy atom. The molecule has 0 saturated carbocycles. The van der Waals surface area contributed by atoms with Crippen molar-refractivity contribution < 1.29 is 14.6 Å². The summed E-state index contributed by atoms with van der Waals surface area (Å²) in [6.07, 6.45) is 1.65. The highest BCUT2D eigenvalue weighted by atomic mass is 16.5. The summed E-state index contributed by atoms with van der Waals surface area (Å²) in [5.41, 5.74) is 2.64. The number of carboxylic acids is 1. The van der Waals surface area contributed by atoms with Crippen LogP contribution in [0.4, 0.5) is 0 Å². The van der Waals surface area contributed by atoms with Gasteiger partial charge in [-0.2, -0.15) is 0 Å². The minimum atomic E-state index is -0.955. The van der Waals surface area contributed by atoms with Crippen molar-refractivity contribution in [1.29, 1.82) is 0 Å². The maximum Gasteiger partial charge on any atom is 0.336 e. The molecule has 0 spiro atoms. The first-order chi connectivity index (χ1) is 11.2. The van der Waals surface area contributed by atoms with Crippen molar-refractivity contribution >= 4 is 5.97 Å². The van der Waals surface area contributed by atoms with E-state index in [0.717, 1.165) is 17.0 Å². The SMILES string of the molecule is COc1cccc(-c2cnnn2Cc2ccccc2C(=O)O)c1. The molecule has 0 aliphatic rings. The quantitative estimate of drug-likeness (QED) is 0.784. The maximum atomic E-state index is 11.3. The first-order valence-electron chi connectivity index (χ1n) is 7.03. The zero-order chi connectivity index (χ0) is 16.2. The Kier molecular flexibility index (Phi) is 4.05. The number of carboxylic acid groups (broad SMARTS) is 1. The summed E-state index contributed by atoms with van der Waals surface area (Å²) in [6, 6.07) is 14.4. The third-order valence-corrected chi connectivity index (χ3v) is 3.55. The molecular weight excluding hydrogens is 294 g/mol. The van der Waals surface area contributed by atoms with Crippen LogP contribution in [0.25, 0.3) is 11.3 Å². The van der Waals surface area contributed by atoms with Crippen molar-refractivity contribution in [2.24, 2.45) is 0 Å². The van der Waals surface area contributed by atoms with Gasteiger partial charge in [-0.05, 0) is 23.8 Å². The van der Waals surface area contributed by atoms with Crippen molar-refractivity contribution in [1.82, 2.24) is 15.0 Å². The summed E-state index contributed by atoms with van der Waals surface area (Å²) < 4.78 is 6.91. The molecule has 0 aliphatic carbocycles. The van der Waals surface area contributed by atoms with Crippen molar-refractivity contribution in [2.45, 2.75) is 6.54 Å². The van der Waals surface area contributed by atoms with E-state index in [2.05, 4.69) is 10.3 Å². The van der Waals surface area contributed by atoms with E-state index in [4.69, 9.17) is 4.74 Å². The van der Waals surface area contributed by atoms with Crippen LogP contribution in [0.1, 0.15) is 15.9 Å². The summed E-state index contributed by atoms with van der Waals surface area (Å²) in [7, 11) is 1.61. The number of ether oxygens (including phenoxy) is 1. The Morgan fingerprint density at radius 1 is 1.22 bits per heavy atom. The number of hydrogen-bond acceptors (Lipinski definition) is 4. The molecule has 0 unspecified atom stereocenters. The molecule has 0 aliphatic heterocycles. The monoisotopic (exact) mass is 309 g/mol. The van der Waals surface area contributed by atoms with E-state index in [1.807, 2.05) is 30.3 Å². The number of benzene rings is 2. The van der Waals surface area contributed by atoms with Crippen molar-refractivity contribution in [3.63, 3.8) is 0 Å². The zero-order valence-electron chi connectivity index (χ0n) is 12.5. The predicted molar refractivity (Wildman–Crippen MR) is 84.5 cm³/mol. The molecule has 116 valence electrons. The van der Waals surface area contributed by atoms with Crippen LogP contribution in [0, 0.1) is 0 Å². The number of rotatable bonds is 5. The Balaban J connectivity index is 1.97. The van der Waals surface area contributed by atoms with Crippen LogP contribution in [0.15, 0.2) is 54.7 Å². The minimum absolute atomic E-state index is 0.264. The van der Waals surface area contributed by atoms with Gasteiger partial charge >= 0.3 is 5.97 Å². The molecule has 6 heteroatoms. The van der Waals surface area contributed by atoms with Crippen LogP contribution in [0.3, 0.4) is 0 Å². The average Bonchev–Trinajstić information content (AvgIpc) is 3.03. The predicted octanol–water partition coefficient (Wildman–Crippen LogP) is 2.70. The fourth-order valence-electron chi connectivity index (χ4n) is 2.41. The van der Waals surface area contributed by atoms with Crippen LogP contribution in [-0.2, 0) is 6.54 Å². The molecule has 0 saturated heterocycles. The second kappa shape index (κ2) is 6.31. The molecule has 3 aromatic rings. The molecule has 3 rings (SSSR count). The summed E-state index contributed by atoms with van der Waals surface area (Å²) in [6.45, 7) is 0.328. The van der Waals surface area contributed by atoms with Crippen molar-refractivity contribution in [3.05, 3.63) is 65.9 Å². The molecule has 1 N–H and O–H groups in total. The van der Waals surface area contributed by atoms with Gasteiger partial charge in [0.25, 0.3) is 0 Å². The first kappa shape index (κ1) is 14.8. The van der Waals surface area contributed by atoms with Gasteiger partial charge in [0.15, 0.2) is 0 Å². The van der Waals surface area contributed by atoms with Gasteiger partial charge in [-0.3, -0.25) is 0 Å². The summed E-state index contributed by atoms with van der Waals surface area (Å²) in [5, 5.41) is 17.3. The van der Waals surface area contributed by atoms with Crippen LogP contribution in [-0.4, -0.2) is 33.2 Å². The van der Waals surface area contributed by atoms with Gasteiger partial charge in [0, 0.05) is 5.56 Å². The molecule has 0 bridgehead atoms. The molecule has 0 amide bonds. The van der Waals surface area contributed by atoms with E-state index in [1.54, 1.807) is 36.2 Å². The van der Waals surface area contributed by atoms with E-state index in [9.17, 15) is 9.90 Å². The molecule has 0 atom stereocenters. The number of hydrogen-bond donors (Lipinski definition) is 1. The summed E-state index contributed by atoms with van der Waals surface area (Å²) >= 11 is 0. The molecule has 1 aromatic heterocycles. The third kappa shape index (κ3) is 3.06. The number of carbonyl (C=O) groups is 1. The van der Waals surface area contributed by atoms with Gasteiger partial charge in [-0.1, -0.05) is 35.5 Å². The number of aromatic carboxylic acids is 1. The van der Waals surface area contributed by atoms with Gasteiger partial charge in [0.2, 0.25) is 0 Å². The van der Waals surface area contributed by atoms with Gasteiger partial charge in [0.05, 0.1) is 31.1 Å². The zero-order valence-corrected chi connectivity index (χ0v) is 12.5. The third-order valence-electron chi connectivity index (χ3n) is 3.55. The number of nitrogens with zero attached hydrogens (tertiary/aromatic N) is 3. The molecule has 0 fully saturated rings. The largest absolute Gasteiger partial charge is 0.497 e. The lowest BCUT2D eigenvalue weighted by atomic mass is 10.1. The lowest BCUT2D eigenvalue weighted by Gasteiger charge is -2.09. The molecule has 0 radical (unpaired) electrons. The van der Waals surface area contributed by atoms with E-state index in [-0.39, 0.29) is 5.56 Å². The average molecular weight is 309 g/mol. The highest BCUT2D eigenvalue weighted by Crippen LogP contribution is 2.24. The van der Waals surface area contributed by atoms with Gasteiger partial charge in [-0.25, -0.2) is 9.48 Å². The molecule has 6 nitrogen and oxygen atoms in total. The Labute approximate surface area is 133 Å². The standard InChI is InChI=1S/C17H15N3O3/c1-23-14-7-4-6-12(9-14)16-10-18-19-20(16)11-13-5-2-3-8-15(13)17(21)22/h2-10H,11H2,1H3,(H,21,22). The summed E-state index contributed by atoms with van der Waals surface area (Å²) in [5.74, 6) is -0.218. The highest BCUT2D eigenvalue weighted by molar-refractivity contribution is 5.89. The van der Waals surface area contributed by atoms with Crippen LogP contribution < -0.4 is 4.74 Å². The number of aromatic nitrogens is 3. The first-order valence-corrected chi connectivity index (χ1v) is 7.03. The Morgan fingerprint density at radius 3 is 2.83 bits per heavy atom.